The van der Waals surface area contributed by atoms with E-state index >= 15 is 0 Å². The van der Waals surface area contributed by atoms with Gasteiger partial charge in [0.25, 0.3) is 0 Å². The number of nitrogens with zero attached hydrogens (tertiary/aromatic N) is 2. The molecule has 59 heavy (non-hydrogen) atoms. The van der Waals surface area contributed by atoms with Crippen LogP contribution < -0.4 is 10.6 Å². The summed E-state index contributed by atoms with van der Waals surface area (Å²) in [5, 5.41) is 8.57. The highest BCUT2D eigenvalue weighted by molar-refractivity contribution is 6.11. The van der Waals surface area contributed by atoms with Crippen molar-refractivity contribution in [2.45, 2.75) is 84.0 Å². The van der Waals surface area contributed by atoms with Gasteiger partial charge in [0, 0.05) is 49.5 Å². The van der Waals surface area contributed by atoms with Crippen molar-refractivity contribution in [2.24, 2.45) is 0 Å². The number of benzene rings is 6. The molecule has 0 radical (unpaired) electrons. The van der Waals surface area contributed by atoms with Gasteiger partial charge in [0.1, 0.15) is 11.2 Å². The number of aromatic nitrogens is 2. The van der Waals surface area contributed by atoms with Crippen molar-refractivity contribution in [3.63, 3.8) is 0 Å². The molecule has 6 aromatic carbocycles. The van der Waals surface area contributed by atoms with Gasteiger partial charge in [-0.15, -0.1) is 0 Å². The summed E-state index contributed by atoms with van der Waals surface area (Å²) in [4.78, 5) is 0. The Labute approximate surface area is 345 Å². The third kappa shape index (κ3) is 6.65. The number of hydrogen-bond donors (Lipinski definition) is 0. The van der Waals surface area contributed by atoms with Crippen LogP contribution in [-0.2, 0) is 12.8 Å². The van der Waals surface area contributed by atoms with E-state index in [-0.39, 0.29) is 0 Å². The Bertz CT molecular complexity index is 3120. The standard InChI is InChI=1S/C55H52N2O2/c1-3-4-5-7-11-28-44-46-30-22-36-52(57-49-33-19-15-26-42(49)43-27-16-20-34-50(43)57)55(46)59-53(44)37-12-9-6-8-10-23-39-38(2)58-54-45(39)29-21-35-51(54)56-47-31-17-13-24-40(47)41-25-14-18-32-48(41)56/h13-27,29-36H,2-12,28,37H2,1H3/b39-23-. The minimum absolute atomic E-state index is 0.737. The average molecular weight is 773 g/mol. The first-order chi connectivity index (χ1) is 29.2. The zero-order chi connectivity index (χ0) is 39.7. The van der Waals surface area contributed by atoms with Crippen molar-refractivity contribution in [1.29, 1.82) is 0 Å². The number of rotatable bonds is 15. The summed E-state index contributed by atoms with van der Waals surface area (Å²) in [6.07, 6.45) is 16.3. The van der Waals surface area contributed by atoms with Crippen LogP contribution in [0.5, 0.6) is 0 Å². The van der Waals surface area contributed by atoms with Crippen molar-refractivity contribution in [3.8, 4) is 11.4 Å². The second kappa shape index (κ2) is 16.2. The monoisotopic (exact) mass is 772 g/mol. The summed E-state index contributed by atoms with van der Waals surface area (Å²) < 4.78 is 18.2. The Morgan fingerprint density at radius 1 is 0.458 bits per heavy atom. The topological polar surface area (TPSA) is 36.1 Å². The quantitative estimate of drug-likeness (QED) is 0.0973. The van der Waals surface area contributed by atoms with Crippen molar-refractivity contribution in [1.82, 2.24) is 9.13 Å². The lowest BCUT2D eigenvalue weighted by molar-refractivity contribution is 0.516. The maximum atomic E-state index is 7.00. The molecule has 0 aliphatic heterocycles. The predicted molar refractivity (Wildman–Crippen MR) is 250 cm³/mol. The number of furan rings is 2. The molecule has 0 saturated heterocycles. The van der Waals surface area contributed by atoms with Gasteiger partial charge in [-0.1, -0.05) is 155 Å². The normalized spacial score (nSPS) is 12.5. The summed E-state index contributed by atoms with van der Waals surface area (Å²) in [5.74, 6) is 1.18. The van der Waals surface area contributed by atoms with E-state index in [0.717, 1.165) is 70.7 Å². The number of para-hydroxylation sites is 6. The van der Waals surface area contributed by atoms with Crippen LogP contribution in [0.15, 0.2) is 142 Å². The molecule has 0 spiro atoms. The number of hydrogen-bond acceptors (Lipinski definition) is 2. The van der Waals surface area contributed by atoms with E-state index < -0.39 is 0 Å². The highest BCUT2D eigenvalue weighted by Crippen LogP contribution is 2.38. The van der Waals surface area contributed by atoms with Crippen LogP contribution in [0.1, 0.15) is 82.5 Å². The Balaban J connectivity index is 0.875. The second-order valence-corrected chi connectivity index (χ2v) is 16.3. The van der Waals surface area contributed by atoms with Crippen LogP contribution in [0.2, 0.25) is 0 Å². The van der Waals surface area contributed by atoms with E-state index in [1.165, 1.54) is 105 Å². The fourth-order valence-electron chi connectivity index (χ4n) is 9.73. The molecule has 4 heterocycles. The lowest BCUT2D eigenvalue weighted by Crippen LogP contribution is -2.17. The van der Waals surface area contributed by atoms with Gasteiger partial charge >= 0.3 is 0 Å². The van der Waals surface area contributed by atoms with Gasteiger partial charge in [-0.3, -0.25) is 0 Å². The predicted octanol–water partition coefficient (Wildman–Crippen LogP) is 14.3. The molecule has 294 valence electrons. The molecule has 4 nitrogen and oxygen atoms in total. The van der Waals surface area contributed by atoms with Crippen LogP contribution in [0.3, 0.4) is 0 Å². The van der Waals surface area contributed by atoms with Gasteiger partial charge in [0.05, 0.1) is 33.4 Å². The van der Waals surface area contributed by atoms with Crippen molar-refractivity contribution in [3.05, 3.63) is 155 Å². The first-order valence-corrected chi connectivity index (χ1v) is 21.9. The Morgan fingerprint density at radius 2 is 0.915 bits per heavy atom. The van der Waals surface area contributed by atoms with E-state index in [0.29, 0.717) is 0 Å². The summed E-state index contributed by atoms with van der Waals surface area (Å²) in [6, 6.07) is 48.0. The van der Waals surface area contributed by atoms with Crippen molar-refractivity contribution < 1.29 is 8.83 Å². The Kier molecular flexibility index (Phi) is 10.2. The SMILES string of the molecule is C=c1oc2c(-n3c4ccccc4c4ccccc43)cccc2/c1=C\CCCCCCc1oc2c(-n3c4ccccc4c4ccccc43)cccc2c1CCCCCCC. The van der Waals surface area contributed by atoms with Gasteiger partial charge in [-0.05, 0) is 68.5 Å². The summed E-state index contributed by atoms with van der Waals surface area (Å²) in [6.45, 7) is 6.65. The zero-order valence-corrected chi connectivity index (χ0v) is 34.2. The Morgan fingerprint density at radius 3 is 1.47 bits per heavy atom. The third-order valence-electron chi connectivity index (χ3n) is 12.6. The van der Waals surface area contributed by atoms with E-state index in [2.05, 4.69) is 162 Å². The molecule has 10 rings (SSSR count). The van der Waals surface area contributed by atoms with Gasteiger partial charge in [0.2, 0.25) is 0 Å². The fraction of sp³-hybridized carbons (Fsp3) is 0.236. The van der Waals surface area contributed by atoms with E-state index in [9.17, 15) is 0 Å². The van der Waals surface area contributed by atoms with Crippen LogP contribution in [0.4, 0.5) is 0 Å². The smallest absolute Gasteiger partial charge is 0.159 e. The van der Waals surface area contributed by atoms with Crippen molar-refractivity contribution >= 4 is 78.2 Å². The lowest BCUT2D eigenvalue weighted by atomic mass is 9.99. The molecular weight excluding hydrogens is 721 g/mol. The highest BCUT2D eigenvalue weighted by atomic mass is 16.3. The number of fused-ring (bicyclic) bond motifs is 8. The molecule has 0 aliphatic rings. The molecule has 0 aliphatic carbocycles. The molecule has 0 fully saturated rings. The number of aryl methyl sites for hydroxylation is 2. The Hall–Kier alpha value is -6.26. The van der Waals surface area contributed by atoms with E-state index in [1.54, 1.807) is 0 Å². The van der Waals surface area contributed by atoms with Crippen LogP contribution >= 0.6 is 0 Å². The highest BCUT2D eigenvalue weighted by Gasteiger charge is 2.21. The van der Waals surface area contributed by atoms with Crippen molar-refractivity contribution in [2.75, 3.05) is 0 Å². The van der Waals surface area contributed by atoms with E-state index in [4.69, 9.17) is 8.83 Å². The fourth-order valence-corrected chi connectivity index (χ4v) is 9.73. The largest absolute Gasteiger partial charge is 0.459 e. The molecular formula is C55H52N2O2. The molecule has 0 unspecified atom stereocenters. The summed E-state index contributed by atoms with van der Waals surface area (Å²) in [7, 11) is 0. The maximum Gasteiger partial charge on any atom is 0.159 e. The second-order valence-electron chi connectivity index (χ2n) is 16.3. The van der Waals surface area contributed by atoms with Gasteiger partial charge in [-0.2, -0.15) is 0 Å². The minimum atomic E-state index is 0.737. The maximum absolute atomic E-state index is 7.00. The van der Waals surface area contributed by atoms with Crippen LogP contribution in [0, 0.1) is 0 Å². The zero-order valence-electron chi connectivity index (χ0n) is 34.2. The first-order valence-electron chi connectivity index (χ1n) is 21.9. The molecule has 4 heteroatoms. The van der Waals surface area contributed by atoms with Crippen LogP contribution in [0.25, 0.3) is 89.6 Å². The van der Waals surface area contributed by atoms with E-state index in [1.807, 2.05) is 0 Å². The van der Waals surface area contributed by atoms with Crippen LogP contribution in [-0.4, -0.2) is 9.13 Å². The number of unbranched alkanes of at least 4 members (excludes halogenated alkanes) is 8. The van der Waals surface area contributed by atoms with Gasteiger partial charge in [0.15, 0.2) is 11.2 Å². The lowest BCUT2D eigenvalue weighted by Gasteiger charge is -2.08. The molecule has 0 N–H and O–H groups in total. The molecule has 0 atom stereocenters. The molecule has 0 saturated carbocycles. The molecule has 0 amide bonds. The third-order valence-corrected chi connectivity index (χ3v) is 12.6. The molecule has 0 bridgehead atoms. The summed E-state index contributed by atoms with van der Waals surface area (Å²) in [5.41, 5.74) is 11.0. The molecule has 10 aromatic rings. The summed E-state index contributed by atoms with van der Waals surface area (Å²) >= 11 is 0. The average Bonchev–Trinajstić information content (AvgIpc) is 4.00. The first kappa shape index (κ1) is 37.0. The van der Waals surface area contributed by atoms with Gasteiger partial charge < -0.3 is 18.0 Å². The minimum Gasteiger partial charge on any atom is -0.459 e. The molecule has 4 aromatic heterocycles. The van der Waals surface area contributed by atoms with Gasteiger partial charge in [-0.25, -0.2) is 0 Å².